The Balaban J connectivity index is 2.24. The van der Waals surface area contributed by atoms with Crippen LogP contribution in [0.5, 0.6) is 5.75 Å². The van der Waals surface area contributed by atoms with Gasteiger partial charge in [-0.05, 0) is 44.0 Å². The molecule has 18 heavy (non-hydrogen) atoms. The third kappa shape index (κ3) is 2.44. The maximum Gasteiger partial charge on any atom is 0.255 e. The summed E-state index contributed by atoms with van der Waals surface area (Å²) in [6.07, 6.45) is 0.915. The summed E-state index contributed by atoms with van der Waals surface area (Å²) in [4.78, 5) is 14.2. The fourth-order valence-corrected chi connectivity index (χ4v) is 2.63. The number of hydrogen-bond acceptors (Lipinski definition) is 3. The first kappa shape index (κ1) is 13.2. The van der Waals surface area contributed by atoms with Crippen LogP contribution in [0.4, 0.5) is 0 Å². The lowest BCUT2D eigenvalue weighted by Crippen LogP contribution is -2.34. The van der Waals surface area contributed by atoms with E-state index >= 15 is 0 Å². The van der Waals surface area contributed by atoms with Crippen LogP contribution in [0.3, 0.4) is 0 Å². The molecule has 0 bridgehead atoms. The van der Waals surface area contributed by atoms with Crippen LogP contribution in [-0.4, -0.2) is 35.0 Å². The van der Waals surface area contributed by atoms with Crippen molar-refractivity contribution >= 4 is 17.5 Å². The van der Waals surface area contributed by atoms with E-state index in [0.717, 1.165) is 6.42 Å². The molecular weight excluding hydrogens is 252 g/mol. The van der Waals surface area contributed by atoms with Crippen LogP contribution < -0.4 is 5.73 Å². The third-order valence-electron chi connectivity index (χ3n) is 3.44. The van der Waals surface area contributed by atoms with Crippen LogP contribution in [0.1, 0.15) is 23.7 Å². The third-order valence-corrected chi connectivity index (χ3v) is 3.77. The molecule has 0 saturated carbocycles. The standard InChI is InChI=1S/C13H17ClN2O2/c1-8-4-9(6-15)7-16(8)13(18)11-5-10(17)2-3-12(11)14/h2-3,5,8-9,17H,4,6-7,15H2,1H3. The largest absolute Gasteiger partial charge is 0.508 e. The van der Waals surface area contributed by atoms with Gasteiger partial charge in [-0.2, -0.15) is 0 Å². The lowest BCUT2D eigenvalue weighted by atomic mass is 10.1. The van der Waals surface area contributed by atoms with Crippen molar-refractivity contribution in [3.05, 3.63) is 28.8 Å². The summed E-state index contributed by atoms with van der Waals surface area (Å²) in [5.41, 5.74) is 6.00. The molecule has 1 amide bonds. The zero-order chi connectivity index (χ0) is 13.3. The molecule has 5 heteroatoms. The second-order valence-electron chi connectivity index (χ2n) is 4.81. The molecule has 1 saturated heterocycles. The molecular formula is C13H17ClN2O2. The molecule has 3 N–H and O–H groups in total. The van der Waals surface area contributed by atoms with Gasteiger partial charge in [0.15, 0.2) is 0 Å². The predicted molar refractivity (Wildman–Crippen MR) is 70.8 cm³/mol. The van der Waals surface area contributed by atoms with Gasteiger partial charge in [-0.15, -0.1) is 0 Å². The van der Waals surface area contributed by atoms with Crippen molar-refractivity contribution < 1.29 is 9.90 Å². The summed E-state index contributed by atoms with van der Waals surface area (Å²) < 4.78 is 0. The highest BCUT2D eigenvalue weighted by atomic mass is 35.5. The lowest BCUT2D eigenvalue weighted by Gasteiger charge is -2.22. The van der Waals surface area contributed by atoms with E-state index in [9.17, 15) is 9.90 Å². The Morgan fingerprint density at radius 3 is 2.94 bits per heavy atom. The Kier molecular flexibility index (Phi) is 3.78. The topological polar surface area (TPSA) is 66.6 Å². The minimum Gasteiger partial charge on any atom is -0.508 e. The van der Waals surface area contributed by atoms with Crippen molar-refractivity contribution in [2.24, 2.45) is 11.7 Å². The number of carbonyl (C=O) groups excluding carboxylic acids is 1. The van der Waals surface area contributed by atoms with Crippen LogP contribution in [0.15, 0.2) is 18.2 Å². The fraction of sp³-hybridized carbons (Fsp3) is 0.462. The molecule has 0 radical (unpaired) electrons. The molecule has 98 valence electrons. The molecule has 1 aromatic carbocycles. The highest BCUT2D eigenvalue weighted by Gasteiger charge is 2.32. The predicted octanol–water partition coefficient (Wildman–Crippen LogP) is 1.85. The normalized spacial score (nSPS) is 23.4. The monoisotopic (exact) mass is 268 g/mol. The number of rotatable bonds is 2. The van der Waals surface area contributed by atoms with E-state index in [1.807, 2.05) is 6.92 Å². The fourth-order valence-electron chi connectivity index (χ4n) is 2.43. The molecule has 0 spiro atoms. The van der Waals surface area contributed by atoms with Crippen molar-refractivity contribution in [3.63, 3.8) is 0 Å². The van der Waals surface area contributed by atoms with Gasteiger partial charge >= 0.3 is 0 Å². The van der Waals surface area contributed by atoms with Gasteiger partial charge in [0.05, 0.1) is 10.6 Å². The summed E-state index contributed by atoms with van der Waals surface area (Å²) >= 11 is 6.00. The number of phenols is 1. The van der Waals surface area contributed by atoms with Gasteiger partial charge in [-0.1, -0.05) is 11.6 Å². The quantitative estimate of drug-likeness (QED) is 0.860. The summed E-state index contributed by atoms with van der Waals surface area (Å²) in [6.45, 7) is 3.24. The molecule has 0 aromatic heterocycles. The lowest BCUT2D eigenvalue weighted by molar-refractivity contribution is 0.0743. The first-order valence-electron chi connectivity index (χ1n) is 6.02. The number of aromatic hydroxyl groups is 1. The van der Waals surface area contributed by atoms with Gasteiger partial charge in [0.1, 0.15) is 5.75 Å². The SMILES string of the molecule is CC1CC(CN)CN1C(=O)c1cc(O)ccc1Cl. The van der Waals surface area contributed by atoms with E-state index < -0.39 is 0 Å². The van der Waals surface area contributed by atoms with Gasteiger partial charge in [0.25, 0.3) is 5.91 Å². The number of halogens is 1. The van der Waals surface area contributed by atoms with Crippen LogP contribution in [0.2, 0.25) is 5.02 Å². The highest BCUT2D eigenvalue weighted by Crippen LogP contribution is 2.28. The Morgan fingerprint density at radius 2 is 2.33 bits per heavy atom. The number of carbonyl (C=O) groups is 1. The van der Waals surface area contributed by atoms with E-state index in [1.165, 1.54) is 18.2 Å². The Morgan fingerprint density at radius 1 is 1.61 bits per heavy atom. The van der Waals surface area contributed by atoms with Crippen LogP contribution in [0.25, 0.3) is 0 Å². The highest BCUT2D eigenvalue weighted by molar-refractivity contribution is 6.33. The number of nitrogens with two attached hydrogens (primary N) is 1. The first-order chi connectivity index (χ1) is 8.52. The maximum atomic E-state index is 12.4. The molecule has 2 rings (SSSR count). The Labute approximate surface area is 111 Å². The zero-order valence-corrected chi connectivity index (χ0v) is 11.0. The molecule has 2 atom stereocenters. The maximum absolute atomic E-state index is 12.4. The van der Waals surface area contributed by atoms with Crippen molar-refractivity contribution in [1.29, 1.82) is 0 Å². The molecule has 1 aromatic rings. The van der Waals surface area contributed by atoms with Crippen molar-refractivity contribution in [2.45, 2.75) is 19.4 Å². The average Bonchev–Trinajstić information content (AvgIpc) is 2.73. The minimum absolute atomic E-state index is 0.0463. The molecule has 2 unspecified atom stereocenters. The van der Waals surface area contributed by atoms with Gasteiger partial charge in [0, 0.05) is 12.6 Å². The van der Waals surface area contributed by atoms with E-state index in [4.69, 9.17) is 17.3 Å². The van der Waals surface area contributed by atoms with E-state index in [1.54, 1.807) is 4.90 Å². The van der Waals surface area contributed by atoms with Crippen LogP contribution in [-0.2, 0) is 0 Å². The number of likely N-dealkylation sites (tertiary alicyclic amines) is 1. The molecule has 1 heterocycles. The molecule has 4 nitrogen and oxygen atoms in total. The number of amides is 1. The molecule has 1 aliphatic heterocycles. The van der Waals surface area contributed by atoms with Crippen LogP contribution in [0, 0.1) is 5.92 Å². The second kappa shape index (κ2) is 5.16. The van der Waals surface area contributed by atoms with E-state index in [-0.39, 0.29) is 17.7 Å². The number of benzene rings is 1. The average molecular weight is 269 g/mol. The second-order valence-corrected chi connectivity index (χ2v) is 5.22. The summed E-state index contributed by atoms with van der Waals surface area (Å²) in [5.74, 6) is 0.254. The summed E-state index contributed by atoms with van der Waals surface area (Å²) in [5, 5.41) is 9.81. The number of nitrogens with zero attached hydrogens (tertiary/aromatic N) is 1. The van der Waals surface area contributed by atoms with Gasteiger partial charge in [-0.25, -0.2) is 0 Å². The van der Waals surface area contributed by atoms with Crippen molar-refractivity contribution in [1.82, 2.24) is 4.90 Å². The van der Waals surface area contributed by atoms with Crippen LogP contribution >= 0.6 is 11.6 Å². The van der Waals surface area contributed by atoms with Crippen molar-refractivity contribution in [2.75, 3.05) is 13.1 Å². The Bertz CT molecular complexity index is 464. The molecule has 1 fully saturated rings. The summed E-state index contributed by atoms with van der Waals surface area (Å²) in [6, 6.07) is 4.57. The Hall–Kier alpha value is -1.26. The number of phenolic OH excluding ortho intramolecular Hbond substituents is 1. The van der Waals surface area contributed by atoms with Gasteiger partial charge in [-0.3, -0.25) is 4.79 Å². The van der Waals surface area contributed by atoms with Gasteiger partial charge < -0.3 is 15.7 Å². The smallest absolute Gasteiger partial charge is 0.255 e. The van der Waals surface area contributed by atoms with Gasteiger partial charge in [0.2, 0.25) is 0 Å². The summed E-state index contributed by atoms with van der Waals surface area (Å²) in [7, 11) is 0. The first-order valence-corrected chi connectivity index (χ1v) is 6.40. The zero-order valence-electron chi connectivity index (χ0n) is 10.3. The number of hydrogen-bond donors (Lipinski definition) is 2. The van der Waals surface area contributed by atoms with E-state index in [2.05, 4.69) is 0 Å². The van der Waals surface area contributed by atoms with Crippen molar-refractivity contribution in [3.8, 4) is 5.75 Å². The van der Waals surface area contributed by atoms with E-state index in [0.29, 0.717) is 29.6 Å². The molecule has 1 aliphatic rings. The molecule has 0 aliphatic carbocycles. The minimum atomic E-state index is -0.139.